The van der Waals surface area contributed by atoms with E-state index < -0.39 is 23.8 Å². The van der Waals surface area contributed by atoms with Crippen molar-refractivity contribution in [2.24, 2.45) is 11.7 Å². The zero-order chi connectivity index (χ0) is 24.8. The second-order valence-corrected chi connectivity index (χ2v) is 9.85. The second-order valence-electron chi connectivity index (χ2n) is 9.85. The summed E-state index contributed by atoms with van der Waals surface area (Å²) in [6.45, 7) is 10.0. The molecular formula is C24H37N5O4. The van der Waals surface area contributed by atoms with E-state index in [4.69, 9.17) is 15.9 Å². The maximum atomic E-state index is 13.3. The molecule has 2 atom stereocenters. The van der Waals surface area contributed by atoms with E-state index in [0.29, 0.717) is 31.5 Å². The molecule has 0 bridgehead atoms. The van der Waals surface area contributed by atoms with Crippen molar-refractivity contribution in [2.45, 2.75) is 78.1 Å². The lowest BCUT2D eigenvalue weighted by Gasteiger charge is -2.30. The Balaban J connectivity index is 2.03. The Morgan fingerprint density at radius 1 is 1.21 bits per heavy atom. The summed E-state index contributed by atoms with van der Waals surface area (Å²) >= 11 is 0. The topological polar surface area (TPSA) is 138 Å². The number of likely N-dealkylation sites (tertiary alicyclic amines) is 1. The van der Waals surface area contributed by atoms with Crippen molar-refractivity contribution in [3.63, 3.8) is 0 Å². The molecule has 1 heterocycles. The molecule has 9 heteroatoms. The Labute approximate surface area is 195 Å². The molecule has 1 aliphatic rings. The van der Waals surface area contributed by atoms with Crippen LogP contribution in [-0.2, 0) is 20.9 Å². The number of nitrogens with zero attached hydrogens (tertiary/aromatic N) is 1. The number of nitrogens with one attached hydrogen (secondary N) is 3. The van der Waals surface area contributed by atoms with E-state index >= 15 is 0 Å². The van der Waals surface area contributed by atoms with Crippen molar-refractivity contribution in [2.75, 3.05) is 6.54 Å². The van der Waals surface area contributed by atoms with Crippen LogP contribution in [0.25, 0.3) is 0 Å². The van der Waals surface area contributed by atoms with E-state index in [1.54, 1.807) is 49.9 Å². The largest absolute Gasteiger partial charge is 0.444 e. The van der Waals surface area contributed by atoms with Gasteiger partial charge in [-0.2, -0.15) is 0 Å². The summed E-state index contributed by atoms with van der Waals surface area (Å²) in [5.41, 5.74) is 6.28. The highest BCUT2D eigenvalue weighted by Gasteiger charge is 2.38. The van der Waals surface area contributed by atoms with E-state index in [2.05, 4.69) is 10.6 Å². The molecule has 1 fully saturated rings. The van der Waals surface area contributed by atoms with Crippen LogP contribution < -0.4 is 16.4 Å². The minimum absolute atomic E-state index is 0.0124. The van der Waals surface area contributed by atoms with Gasteiger partial charge in [-0.1, -0.05) is 38.1 Å². The van der Waals surface area contributed by atoms with E-state index in [1.165, 1.54) is 0 Å². The molecular weight excluding hydrogens is 422 g/mol. The van der Waals surface area contributed by atoms with Gasteiger partial charge in [0.15, 0.2) is 0 Å². The molecule has 0 saturated carbocycles. The monoisotopic (exact) mass is 459 g/mol. The Hall–Kier alpha value is -3.10. The van der Waals surface area contributed by atoms with Gasteiger partial charge < -0.3 is 26.0 Å². The van der Waals surface area contributed by atoms with E-state index in [-0.39, 0.29) is 23.6 Å². The molecule has 0 aromatic heterocycles. The van der Waals surface area contributed by atoms with Crippen LogP contribution in [0.3, 0.4) is 0 Å². The number of nitrogens with two attached hydrogens (primary N) is 1. The maximum absolute atomic E-state index is 13.3. The van der Waals surface area contributed by atoms with Crippen molar-refractivity contribution in [1.29, 1.82) is 5.41 Å². The van der Waals surface area contributed by atoms with Gasteiger partial charge in [0.05, 0.1) is 0 Å². The lowest BCUT2D eigenvalue weighted by atomic mass is 10.0. The summed E-state index contributed by atoms with van der Waals surface area (Å²) in [7, 11) is 0. The van der Waals surface area contributed by atoms with Gasteiger partial charge in [-0.3, -0.25) is 15.0 Å². The van der Waals surface area contributed by atoms with Crippen LogP contribution >= 0.6 is 0 Å². The predicted octanol–water partition coefficient (Wildman–Crippen LogP) is 2.52. The van der Waals surface area contributed by atoms with Gasteiger partial charge in [-0.15, -0.1) is 0 Å². The molecule has 0 aliphatic carbocycles. The molecule has 33 heavy (non-hydrogen) atoms. The first-order chi connectivity index (χ1) is 15.4. The van der Waals surface area contributed by atoms with E-state index in [1.807, 2.05) is 13.8 Å². The van der Waals surface area contributed by atoms with Crippen LogP contribution in [0.4, 0.5) is 4.79 Å². The smallest absolute Gasteiger partial charge is 0.408 e. The number of amides is 3. The Morgan fingerprint density at radius 3 is 2.39 bits per heavy atom. The minimum Gasteiger partial charge on any atom is -0.444 e. The van der Waals surface area contributed by atoms with Gasteiger partial charge in [0.25, 0.3) is 0 Å². The van der Waals surface area contributed by atoms with Crippen LogP contribution in [0.15, 0.2) is 24.3 Å². The average molecular weight is 460 g/mol. The molecule has 3 amide bonds. The molecule has 1 saturated heterocycles. The number of nitrogen functional groups attached to an aromatic ring is 1. The third-order valence-corrected chi connectivity index (χ3v) is 5.27. The van der Waals surface area contributed by atoms with Crippen LogP contribution in [0.2, 0.25) is 0 Å². The van der Waals surface area contributed by atoms with Gasteiger partial charge in [0, 0.05) is 18.7 Å². The zero-order valence-electron chi connectivity index (χ0n) is 20.2. The number of alkyl carbamates (subject to hydrolysis) is 1. The first-order valence-electron chi connectivity index (χ1n) is 11.4. The zero-order valence-corrected chi connectivity index (χ0v) is 20.2. The standard InChI is InChI=1S/C24H37N5O4/c1-15(2)13-18(28-23(32)33-24(3,4)5)22(31)29-12-6-7-19(29)21(30)27-14-16-8-10-17(11-9-16)20(25)26/h8-11,15,18-19H,6-7,12-14H2,1-5H3,(H3,25,26)(H,27,30)(H,28,32)/t18-,19+/m1/s1. The van der Waals surface area contributed by atoms with Crippen molar-refractivity contribution in [1.82, 2.24) is 15.5 Å². The average Bonchev–Trinajstić information content (AvgIpc) is 3.19. The van der Waals surface area contributed by atoms with Crippen LogP contribution in [0, 0.1) is 11.3 Å². The minimum atomic E-state index is -0.757. The maximum Gasteiger partial charge on any atom is 0.408 e. The summed E-state index contributed by atoms with van der Waals surface area (Å²) in [5, 5.41) is 13.0. The number of amidine groups is 1. The summed E-state index contributed by atoms with van der Waals surface area (Å²) in [5.74, 6) is -0.335. The summed E-state index contributed by atoms with van der Waals surface area (Å²) in [6.07, 6.45) is 1.10. The first-order valence-corrected chi connectivity index (χ1v) is 11.4. The molecule has 0 spiro atoms. The highest BCUT2D eigenvalue weighted by atomic mass is 16.6. The molecule has 5 N–H and O–H groups in total. The fraction of sp³-hybridized carbons (Fsp3) is 0.583. The molecule has 182 valence electrons. The fourth-order valence-corrected chi connectivity index (χ4v) is 3.76. The molecule has 1 aromatic carbocycles. The summed E-state index contributed by atoms with van der Waals surface area (Å²) in [4.78, 5) is 40.1. The number of rotatable bonds is 8. The Kier molecular flexibility index (Phi) is 8.84. The number of hydrogen-bond donors (Lipinski definition) is 4. The second kappa shape index (κ2) is 11.2. The Morgan fingerprint density at radius 2 is 1.85 bits per heavy atom. The van der Waals surface area contributed by atoms with Gasteiger partial charge in [0.1, 0.15) is 23.5 Å². The first kappa shape index (κ1) is 26.2. The molecule has 1 aliphatic heterocycles. The molecule has 1 aromatic rings. The van der Waals surface area contributed by atoms with Crippen molar-refractivity contribution < 1.29 is 19.1 Å². The lowest BCUT2D eigenvalue weighted by Crippen LogP contribution is -2.54. The fourth-order valence-electron chi connectivity index (χ4n) is 3.76. The van der Waals surface area contributed by atoms with Crippen LogP contribution in [0.1, 0.15) is 65.0 Å². The molecule has 0 radical (unpaired) electrons. The number of carbonyl (C=O) groups is 3. The Bertz CT molecular complexity index is 861. The number of benzene rings is 1. The molecule has 9 nitrogen and oxygen atoms in total. The predicted molar refractivity (Wildman–Crippen MR) is 127 cm³/mol. The number of carbonyl (C=O) groups excluding carboxylic acids is 3. The van der Waals surface area contributed by atoms with Gasteiger partial charge in [0.2, 0.25) is 11.8 Å². The number of hydrogen-bond acceptors (Lipinski definition) is 5. The highest BCUT2D eigenvalue weighted by molar-refractivity contribution is 5.95. The summed E-state index contributed by atoms with van der Waals surface area (Å²) < 4.78 is 5.33. The molecule has 2 rings (SSSR count). The van der Waals surface area contributed by atoms with Crippen molar-refractivity contribution in [3.8, 4) is 0 Å². The van der Waals surface area contributed by atoms with Crippen LogP contribution in [0.5, 0.6) is 0 Å². The van der Waals surface area contributed by atoms with Gasteiger partial charge in [-0.05, 0) is 51.5 Å². The van der Waals surface area contributed by atoms with Crippen LogP contribution in [-0.4, -0.2) is 52.9 Å². The van der Waals surface area contributed by atoms with Gasteiger partial charge >= 0.3 is 6.09 Å². The quantitative estimate of drug-likeness (QED) is 0.350. The van der Waals surface area contributed by atoms with E-state index in [0.717, 1.165) is 12.0 Å². The van der Waals surface area contributed by atoms with Crippen molar-refractivity contribution in [3.05, 3.63) is 35.4 Å². The van der Waals surface area contributed by atoms with Gasteiger partial charge in [-0.25, -0.2) is 4.79 Å². The molecule has 0 unspecified atom stereocenters. The highest BCUT2D eigenvalue weighted by Crippen LogP contribution is 2.21. The summed E-state index contributed by atoms with van der Waals surface area (Å²) in [6, 6.07) is 5.73. The SMILES string of the molecule is CC(C)C[C@@H](NC(=O)OC(C)(C)C)C(=O)N1CCC[C@H]1C(=O)NCc1ccc(C(=N)N)cc1. The van der Waals surface area contributed by atoms with Crippen molar-refractivity contribution >= 4 is 23.7 Å². The lowest BCUT2D eigenvalue weighted by molar-refractivity contribution is -0.140. The van der Waals surface area contributed by atoms with E-state index in [9.17, 15) is 14.4 Å². The third-order valence-electron chi connectivity index (χ3n) is 5.27. The normalized spacial score (nSPS) is 16.9. The third kappa shape index (κ3) is 8.07. The number of ether oxygens (including phenoxy) is 1.